The summed E-state index contributed by atoms with van der Waals surface area (Å²) in [5.41, 5.74) is 0. The molecule has 10 heavy (non-hydrogen) atoms. The van der Waals surface area contributed by atoms with E-state index in [0.29, 0.717) is 6.61 Å². The number of rotatable bonds is 5. The number of hydrogen-bond donors (Lipinski definition) is 1. The van der Waals surface area contributed by atoms with Crippen molar-refractivity contribution < 1.29 is 14.7 Å². The van der Waals surface area contributed by atoms with Crippen molar-refractivity contribution >= 4 is 12.2 Å². The van der Waals surface area contributed by atoms with Crippen LogP contribution in [0.3, 0.4) is 0 Å². The molecule has 0 aliphatic heterocycles. The van der Waals surface area contributed by atoms with Gasteiger partial charge in [0.1, 0.15) is 6.61 Å². The minimum absolute atomic E-state index is 0.486. The molecule has 0 fully saturated rings. The molecule has 4 heteroatoms. The van der Waals surface area contributed by atoms with Crippen molar-refractivity contribution in [1.29, 1.82) is 0 Å². The predicted octanol–water partition coefficient (Wildman–Crippen LogP) is 0.874. The van der Waals surface area contributed by atoms with E-state index in [2.05, 4.69) is 9.99 Å². The number of carbonyl (C=O) groups is 1. The molecular formula is C6H11NO3. The third-order valence-corrected chi connectivity index (χ3v) is 0.827. The summed E-state index contributed by atoms with van der Waals surface area (Å²) in [6, 6.07) is 0. The minimum Gasteiger partial charge on any atom is -0.477 e. The van der Waals surface area contributed by atoms with Crippen molar-refractivity contribution in [3.05, 3.63) is 0 Å². The lowest BCUT2D eigenvalue weighted by atomic mass is 10.4. The van der Waals surface area contributed by atoms with Crippen LogP contribution in [0, 0.1) is 0 Å². The summed E-state index contributed by atoms with van der Waals surface area (Å²) in [6.07, 6.45) is 2.65. The molecule has 0 aliphatic carbocycles. The molecule has 0 amide bonds. The number of carboxylic acid groups (broad SMARTS) is 1. The first-order valence-corrected chi connectivity index (χ1v) is 3.15. The maximum atomic E-state index is 9.80. The zero-order valence-electron chi connectivity index (χ0n) is 5.91. The molecule has 0 saturated carbocycles. The van der Waals surface area contributed by atoms with Crippen LogP contribution in [0.4, 0.5) is 0 Å². The standard InChI is InChI=1S/C6H11NO3/c1-2-3-4-10-7-5-6(8)9/h5H,2-4H2,1H3,(H,8,9)/b7-5+. The lowest BCUT2D eigenvalue weighted by Crippen LogP contribution is -1.96. The van der Waals surface area contributed by atoms with Gasteiger partial charge in [0, 0.05) is 0 Å². The van der Waals surface area contributed by atoms with Crippen molar-refractivity contribution in [2.45, 2.75) is 19.8 Å². The van der Waals surface area contributed by atoms with Crippen LogP contribution in [0.5, 0.6) is 0 Å². The molecule has 0 atom stereocenters. The van der Waals surface area contributed by atoms with Gasteiger partial charge in [0.15, 0.2) is 6.21 Å². The third-order valence-electron chi connectivity index (χ3n) is 0.827. The Labute approximate surface area is 59.5 Å². The van der Waals surface area contributed by atoms with E-state index in [9.17, 15) is 4.79 Å². The first-order valence-electron chi connectivity index (χ1n) is 3.15. The smallest absolute Gasteiger partial charge is 0.350 e. The second-order valence-electron chi connectivity index (χ2n) is 1.76. The van der Waals surface area contributed by atoms with Gasteiger partial charge in [0.05, 0.1) is 0 Å². The molecule has 58 valence electrons. The SMILES string of the molecule is CCCCO/N=C/C(=O)O. The van der Waals surface area contributed by atoms with Crippen molar-refractivity contribution in [1.82, 2.24) is 0 Å². The summed E-state index contributed by atoms with van der Waals surface area (Å²) in [7, 11) is 0. The van der Waals surface area contributed by atoms with Gasteiger partial charge in [0.2, 0.25) is 0 Å². The highest BCUT2D eigenvalue weighted by Crippen LogP contribution is 1.86. The topological polar surface area (TPSA) is 58.9 Å². The molecular weight excluding hydrogens is 134 g/mol. The molecule has 0 rings (SSSR count). The van der Waals surface area contributed by atoms with E-state index in [-0.39, 0.29) is 0 Å². The fourth-order valence-electron chi connectivity index (χ4n) is 0.344. The quantitative estimate of drug-likeness (QED) is 0.355. The fraction of sp³-hybridized carbons (Fsp3) is 0.667. The minimum atomic E-state index is -1.09. The van der Waals surface area contributed by atoms with Gasteiger partial charge >= 0.3 is 5.97 Å². The summed E-state index contributed by atoms with van der Waals surface area (Å²) >= 11 is 0. The average molecular weight is 145 g/mol. The number of nitrogens with zero attached hydrogens (tertiary/aromatic N) is 1. The van der Waals surface area contributed by atoms with Gasteiger partial charge in [-0.2, -0.15) is 0 Å². The molecule has 0 bridgehead atoms. The highest BCUT2D eigenvalue weighted by molar-refractivity contribution is 6.21. The van der Waals surface area contributed by atoms with E-state index in [1.54, 1.807) is 0 Å². The van der Waals surface area contributed by atoms with Crippen LogP contribution in [-0.4, -0.2) is 23.9 Å². The molecule has 0 saturated heterocycles. The summed E-state index contributed by atoms with van der Waals surface area (Å²) in [5, 5.41) is 11.2. The van der Waals surface area contributed by atoms with Crippen LogP contribution in [0.2, 0.25) is 0 Å². The first-order chi connectivity index (χ1) is 4.77. The molecule has 0 heterocycles. The van der Waals surface area contributed by atoms with Gasteiger partial charge < -0.3 is 9.94 Å². The Kier molecular flexibility index (Phi) is 5.42. The van der Waals surface area contributed by atoms with Crippen molar-refractivity contribution in [2.75, 3.05) is 6.61 Å². The maximum Gasteiger partial charge on any atom is 0.350 e. The molecule has 1 N–H and O–H groups in total. The summed E-state index contributed by atoms with van der Waals surface area (Å²) in [4.78, 5) is 14.4. The summed E-state index contributed by atoms with van der Waals surface area (Å²) in [6.45, 7) is 2.50. The zero-order chi connectivity index (χ0) is 7.82. The average Bonchev–Trinajstić information content (AvgIpc) is 1.87. The van der Waals surface area contributed by atoms with Gasteiger partial charge in [0.25, 0.3) is 0 Å². The van der Waals surface area contributed by atoms with Gasteiger partial charge in [-0.05, 0) is 6.42 Å². The Balaban J connectivity index is 3.10. The van der Waals surface area contributed by atoms with Gasteiger partial charge in [-0.15, -0.1) is 0 Å². The molecule has 0 aromatic rings. The van der Waals surface area contributed by atoms with Crippen LogP contribution in [0.25, 0.3) is 0 Å². The zero-order valence-corrected chi connectivity index (χ0v) is 5.91. The fourth-order valence-corrected chi connectivity index (χ4v) is 0.344. The normalized spacial score (nSPS) is 10.1. The van der Waals surface area contributed by atoms with E-state index >= 15 is 0 Å². The molecule has 4 nitrogen and oxygen atoms in total. The highest BCUT2D eigenvalue weighted by Gasteiger charge is 1.86. The lowest BCUT2D eigenvalue weighted by Gasteiger charge is -1.93. The monoisotopic (exact) mass is 145 g/mol. The number of hydrogen-bond acceptors (Lipinski definition) is 3. The Hall–Kier alpha value is -1.06. The van der Waals surface area contributed by atoms with Crippen LogP contribution < -0.4 is 0 Å². The van der Waals surface area contributed by atoms with Crippen molar-refractivity contribution in [3.8, 4) is 0 Å². The molecule has 0 aromatic heterocycles. The third kappa shape index (κ3) is 6.94. The Morgan fingerprint density at radius 1 is 1.80 bits per heavy atom. The van der Waals surface area contributed by atoms with Gasteiger partial charge in [-0.3, -0.25) is 0 Å². The molecule has 0 spiro atoms. The van der Waals surface area contributed by atoms with E-state index < -0.39 is 5.97 Å². The van der Waals surface area contributed by atoms with Crippen molar-refractivity contribution in [3.63, 3.8) is 0 Å². The predicted molar refractivity (Wildman–Crippen MR) is 37.0 cm³/mol. The number of unbranched alkanes of at least 4 members (excludes halogenated alkanes) is 1. The van der Waals surface area contributed by atoms with Crippen LogP contribution >= 0.6 is 0 Å². The second-order valence-corrected chi connectivity index (χ2v) is 1.76. The van der Waals surface area contributed by atoms with E-state index in [1.165, 1.54) is 0 Å². The highest BCUT2D eigenvalue weighted by atomic mass is 16.6. The summed E-state index contributed by atoms with van der Waals surface area (Å²) in [5.74, 6) is -1.09. The maximum absolute atomic E-state index is 9.80. The molecule has 0 radical (unpaired) electrons. The van der Waals surface area contributed by atoms with Crippen LogP contribution in [-0.2, 0) is 9.63 Å². The van der Waals surface area contributed by atoms with Crippen LogP contribution in [0.15, 0.2) is 5.16 Å². The van der Waals surface area contributed by atoms with Crippen LogP contribution in [0.1, 0.15) is 19.8 Å². The number of aliphatic carboxylic acids is 1. The second kappa shape index (κ2) is 6.07. The molecule has 0 aliphatic rings. The van der Waals surface area contributed by atoms with E-state index in [4.69, 9.17) is 5.11 Å². The van der Waals surface area contributed by atoms with Gasteiger partial charge in [-0.25, -0.2) is 4.79 Å². The molecule has 0 aromatic carbocycles. The molecule has 0 unspecified atom stereocenters. The Bertz CT molecular complexity index is 122. The summed E-state index contributed by atoms with van der Waals surface area (Å²) < 4.78 is 0. The Morgan fingerprint density at radius 3 is 3.00 bits per heavy atom. The largest absolute Gasteiger partial charge is 0.477 e. The lowest BCUT2D eigenvalue weighted by molar-refractivity contribution is -0.129. The number of oxime groups is 1. The van der Waals surface area contributed by atoms with Crippen molar-refractivity contribution in [2.24, 2.45) is 5.16 Å². The van der Waals surface area contributed by atoms with Gasteiger partial charge in [-0.1, -0.05) is 18.5 Å². The van der Waals surface area contributed by atoms with E-state index in [0.717, 1.165) is 19.1 Å². The number of carboxylic acids is 1. The Morgan fingerprint density at radius 2 is 2.50 bits per heavy atom. The van der Waals surface area contributed by atoms with E-state index in [1.807, 2.05) is 6.92 Å². The first kappa shape index (κ1) is 8.94.